The van der Waals surface area contributed by atoms with E-state index in [-0.39, 0.29) is 0 Å². The van der Waals surface area contributed by atoms with E-state index in [0.717, 1.165) is 0 Å². The quantitative estimate of drug-likeness (QED) is 0.765. The van der Waals surface area contributed by atoms with Gasteiger partial charge in [0.1, 0.15) is 0 Å². The third kappa shape index (κ3) is 3.34. The highest BCUT2D eigenvalue weighted by atomic mass is 14.9. The Bertz CT molecular complexity index is 289. The fourth-order valence-electron chi connectivity index (χ4n) is 2.42. The molecule has 0 bridgehead atoms. The summed E-state index contributed by atoms with van der Waals surface area (Å²) in [6.07, 6.45) is 3.70. The minimum atomic E-state index is 0.609. The van der Waals surface area contributed by atoms with Crippen LogP contribution in [0.3, 0.4) is 0 Å². The first-order valence-electron chi connectivity index (χ1n) is 6.46. The van der Waals surface area contributed by atoms with Gasteiger partial charge in [0.25, 0.3) is 0 Å². The molecule has 16 heavy (non-hydrogen) atoms. The van der Waals surface area contributed by atoms with Crippen LogP contribution < -0.4 is 5.32 Å². The highest BCUT2D eigenvalue weighted by molar-refractivity contribution is 5.25. The zero-order valence-corrected chi connectivity index (χ0v) is 11.1. The van der Waals surface area contributed by atoms with E-state index in [0.29, 0.717) is 12.0 Å². The maximum atomic E-state index is 3.47. The molecule has 0 aliphatic rings. The molecule has 1 rings (SSSR count). The first kappa shape index (κ1) is 13.2. The maximum Gasteiger partial charge on any atom is 0.0133 e. The Morgan fingerprint density at radius 3 is 2.19 bits per heavy atom. The highest BCUT2D eigenvalue weighted by Crippen LogP contribution is 2.26. The summed E-state index contributed by atoms with van der Waals surface area (Å²) in [6.45, 7) is 6.68. The first-order chi connectivity index (χ1) is 7.72. The fourth-order valence-corrected chi connectivity index (χ4v) is 2.42. The Balaban J connectivity index is 2.83. The Morgan fingerprint density at radius 1 is 1.12 bits per heavy atom. The van der Waals surface area contributed by atoms with Crippen LogP contribution in [0.4, 0.5) is 0 Å². The Labute approximate surface area is 100 Å². The van der Waals surface area contributed by atoms with Gasteiger partial charge < -0.3 is 5.32 Å². The molecular formula is C15H25N. The molecule has 0 fully saturated rings. The third-order valence-corrected chi connectivity index (χ3v) is 3.40. The lowest BCUT2D eigenvalue weighted by molar-refractivity contribution is 0.422. The average molecular weight is 219 g/mol. The highest BCUT2D eigenvalue weighted by Gasteiger charge is 2.18. The minimum Gasteiger partial charge on any atom is -0.316 e. The van der Waals surface area contributed by atoms with Gasteiger partial charge in [-0.25, -0.2) is 0 Å². The largest absolute Gasteiger partial charge is 0.316 e. The van der Waals surface area contributed by atoms with Crippen LogP contribution in [0.1, 0.15) is 50.2 Å². The third-order valence-electron chi connectivity index (χ3n) is 3.40. The average Bonchev–Trinajstić information content (AvgIpc) is 2.31. The predicted octanol–water partition coefficient (Wildman–Crippen LogP) is 3.88. The van der Waals surface area contributed by atoms with Crippen LogP contribution in [-0.4, -0.2) is 13.1 Å². The van der Waals surface area contributed by atoms with Gasteiger partial charge in [0.2, 0.25) is 0 Å². The molecule has 90 valence electrons. The molecule has 0 spiro atoms. The summed E-state index contributed by atoms with van der Waals surface area (Å²) in [5.41, 5.74) is 2.82. The van der Waals surface area contributed by atoms with Crippen molar-refractivity contribution in [2.75, 3.05) is 7.05 Å². The normalized spacial score (nSPS) is 14.8. The molecule has 1 aromatic rings. The van der Waals surface area contributed by atoms with Crippen LogP contribution in [0.25, 0.3) is 0 Å². The van der Waals surface area contributed by atoms with E-state index < -0.39 is 0 Å². The lowest BCUT2D eigenvalue weighted by Gasteiger charge is -2.26. The molecule has 1 heteroatoms. The number of rotatable bonds is 6. The van der Waals surface area contributed by atoms with E-state index in [1.54, 1.807) is 0 Å². The van der Waals surface area contributed by atoms with E-state index >= 15 is 0 Å². The molecule has 0 aliphatic heterocycles. The second-order valence-corrected chi connectivity index (χ2v) is 4.61. The summed E-state index contributed by atoms with van der Waals surface area (Å²) >= 11 is 0. The predicted molar refractivity (Wildman–Crippen MR) is 72.0 cm³/mol. The fraction of sp³-hybridized carbons (Fsp3) is 0.600. The van der Waals surface area contributed by atoms with Crippen molar-refractivity contribution in [3.8, 4) is 0 Å². The van der Waals surface area contributed by atoms with Crippen molar-refractivity contribution in [2.24, 2.45) is 0 Å². The Morgan fingerprint density at radius 2 is 1.75 bits per heavy atom. The molecule has 0 aromatic heterocycles. The minimum absolute atomic E-state index is 0.609. The summed E-state index contributed by atoms with van der Waals surface area (Å²) < 4.78 is 0. The molecule has 2 unspecified atom stereocenters. The van der Waals surface area contributed by atoms with Gasteiger partial charge in [0, 0.05) is 6.04 Å². The molecule has 0 saturated heterocycles. The standard InChI is InChI=1S/C15H25N/c1-5-7-15(16-4)14(6-2)13-10-8-12(3)9-11-13/h8-11,14-16H,5-7H2,1-4H3. The van der Waals surface area contributed by atoms with Gasteiger partial charge >= 0.3 is 0 Å². The molecule has 0 heterocycles. The van der Waals surface area contributed by atoms with Crippen molar-refractivity contribution >= 4 is 0 Å². The van der Waals surface area contributed by atoms with Crippen LogP contribution in [-0.2, 0) is 0 Å². The Hall–Kier alpha value is -0.820. The summed E-state index contributed by atoms with van der Waals surface area (Å²) in [4.78, 5) is 0. The van der Waals surface area contributed by atoms with Gasteiger partial charge in [0.15, 0.2) is 0 Å². The molecule has 1 aromatic carbocycles. The first-order valence-corrected chi connectivity index (χ1v) is 6.46. The van der Waals surface area contributed by atoms with Crippen molar-refractivity contribution in [3.63, 3.8) is 0 Å². The van der Waals surface area contributed by atoms with E-state index in [9.17, 15) is 0 Å². The molecule has 0 radical (unpaired) electrons. The summed E-state index contributed by atoms with van der Waals surface area (Å²) in [5, 5.41) is 3.47. The van der Waals surface area contributed by atoms with Crippen LogP contribution in [0, 0.1) is 6.92 Å². The zero-order valence-electron chi connectivity index (χ0n) is 11.1. The zero-order chi connectivity index (χ0) is 12.0. The van der Waals surface area contributed by atoms with E-state index in [4.69, 9.17) is 0 Å². The second kappa shape index (κ2) is 6.70. The lowest BCUT2D eigenvalue weighted by atomic mass is 9.86. The smallest absolute Gasteiger partial charge is 0.0133 e. The van der Waals surface area contributed by atoms with Crippen molar-refractivity contribution in [1.29, 1.82) is 0 Å². The van der Waals surface area contributed by atoms with Crippen molar-refractivity contribution in [2.45, 2.75) is 52.0 Å². The van der Waals surface area contributed by atoms with Crippen molar-refractivity contribution in [1.82, 2.24) is 5.32 Å². The lowest BCUT2D eigenvalue weighted by Crippen LogP contribution is -2.31. The molecule has 0 saturated carbocycles. The maximum absolute atomic E-state index is 3.47. The number of benzene rings is 1. The summed E-state index contributed by atoms with van der Waals surface area (Å²) in [7, 11) is 2.08. The van der Waals surface area contributed by atoms with Crippen LogP contribution >= 0.6 is 0 Å². The number of likely N-dealkylation sites (N-methyl/N-ethyl adjacent to an activating group) is 1. The van der Waals surface area contributed by atoms with E-state index in [2.05, 4.69) is 57.4 Å². The number of hydrogen-bond donors (Lipinski definition) is 1. The number of hydrogen-bond acceptors (Lipinski definition) is 1. The van der Waals surface area contributed by atoms with Gasteiger partial charge in [-0.3, -0.25) is 0 Å². The molecule has 0 amide bonds. The number of nitrogens with one attached hydrogen (secondary N) is 1. The van der Waals surface area contributed by atoms with Crippen molar-refractivity contribution in [3.05, 3.63) is 35.4 Å². The van der Waals surface area contributed by atoms with E-state index in [1.807, 2.05) is 0 Å². The van der Waals surface area contributed by atoms with Gasteiger partial charge in [0.05, 0.1) is 0 Å². The molecule has 0 aliphatic carbocycles. The van der Waals surface area contributed by atoms with Gasteiger partial charge in [-0.05, 0) is 38.3 Å². The van der Waals surface area contributed by atoms with Gasteiger partial charge in [-0.15, -0.1) is 0 Å². The van der Waals surface area contributed by atoms with Gasteiger partial charge in [-0.2, -0.15) is 0 Å². The van der Waals surface area contributed by atoms with Crippen LogP contribution in [0.5, 0.6) is 0 Å². The Kier molecular flexibility index (Phi) is 5.54. The molecular weight excluding hydrogens is 194 g/mol. The van der Waals surface area contributed by atoms with Crippen LogP contribution in [0.2, 0.25) is 0 Å². The van der Waals surface area contributed by atoms with E-state index in [1.165, 1.54) is 30.4 Å². The molecule has 2 atom stereocenters. The molecule has 1 N–H and O–H groups in total. The second-order valence-electron chi connectivity index (χ2n) is 4.61. The topological polar surface area (TPSA) is 12.0 Å². The monoisotopic (exact) mass is 219 g/mol. The van der Waals surface area contributed by atoms with Crippen molar-refractivity contribution < 1.29 is 0 Å². The molecule has 1 nitrogen and oxygen atoms in total. The number of aryl methyl sites for hydroxylation is 1. The SMILES string of the molecule is CCCC(NC)C(CC)c1ccc(C)cc1. The summed E-state index contributed by atoms with van der Waals surface area (Å²) in [5.74, 6) is 0.644. The van der Waals surface area contributed by atoms with Gasteiger partial charge in [-0.1, -0.05) is 50.1 Å². The van der Waals surface area contributed by atoms with Crippen LogP contribution in [0.15, 0.2) is 24.3 Å². The summed E-state index contributed by atoms with van der Waals surface area (Å²) in [6, 6.07) is 9.61.